The molecule has 0 bridgehead atoms. The minimum absolute atomic E-state index is 0.211. The van der Waals surface area contributed by atoms with Crippen molar-refractivity contribution in [2.45, 2.75) is 38.8 Å². The molecule has 2 amide bonds. The molecule has 0 unspecified atom stereocenters. The first kappa shape index (κ1) is 21.8. The van der Waals surface area contributed by atoms with Crippen LogP contribution in [0.25, 0.3) is 6.08 Å². The third kappa shape index (κ3) is 4.92. The van der Waals surface area contributed by atoms with Crippen LogP contribution >= 0.6 is 11.3 Å². The molecule has 6 heteroatoms. The number of carbonyl (C=O) groups excluding carboxylic acids is 2. The molecular weight excluding hydrogens is 420 g/mol. The van der Waals surface area contributed by atoms with Crippen LogP contribution in [0.1, 0.15) is 52.7 Å². The number of ether oxygens (including phenoxy) is 1. The molecule has 0 saturated carbocycles. The summed E-state index contributed by atoms with van der Waals surface area (Å²) in [7, 11) is 0. The second kappa shape index (κ2) is 9.01. The molecule has 2 N–H and O–H groups in total. The first-order valence-electron chi connectivity index (χ1n) is 10.5. The van der Waals surface area contributed by atoms with Crippen molar-refractivity contribution in [3.05, 3.63) is 93.3 Å². The second-order valence-electron chi connectivity index (χ2n) is 8.47. The van der Waals surface area contributed by atoms with Crippen LogP contribution in [0.5, 0.6) is 5.75 Å². The summed E-state index contributed by atoms with van der Waals surface area (Å²) in [6.45, 7) is 5.88. The fraction of sp³-hybridized carbons (Fsp3) is 0.231. The number of para-hydroxylation sites is 1. The van der Waals surface area contributed by atoms with Gasteiger partial charge in [0.15, 0.2) is 0 Å². The van der Waals surface area contributed by atoms with E-state index in [9.17, 15) is 9.59 Å². The van der Waals surface area contributed by atoms with Crippen molar-refractivity contribution in [2.24, 2.45) is 0 Å². The van der Waals surface area contributed by atoms with Gasteiger partial charge in [-0.15, -0.1) is 11.3 Å². The predicted octanol–water partition coefficient (Wildman–Crippen LogP) is 5.25. The number of hydrogen-bond acceptors (Lipinski definition) is 4. The summed E-state index contributed by atoms with van der Waals surface area (Å²) in [6, 6.07) is 18.6. The van der Waals surface area contributed by atoms with E-state index in [1.54, 1.807) is 12.1 Å². The Morgan fingerprint density at radius 3 is 2.56 bits per heavy atom. The fourth-order valence-corrected chi connectivity index (χ4v) is 4.52. The third-order valence-corrected chi connectivity index (χ3v) is 6.21. The van der Waals surface area contributed by atoms with Gasteiger partial charge >= 0.3 is 0 Å². The van der Waals surface area contributed by atoms with Gasteiger partial charge in [0.1, 0.15) is 17.0 Å². The van der Waals surface area contributed by atoms with Crippen LogP contribution in [0.2, 0.25) is 0 Å². The Morgan fingerprint density at radius 1 is 1.06 bits per heavy atom. The molecule has 2 heterocycles. The predicted molar refractivity (Wildman–Crippen MR) is 128 cm³/mol. The zero-order valence-corrected chi connectivity index (χ0v) is 19.2. The summed E-state index contributed by atoms with van der Waals surface area (Å²) >= 11 is 1.50. The lowest BCUT2D eigenvalue weighted by Gasteiger charge is -2.38. The number of carbonyl (C=O) groups is 2. The van der Waals surface area contributed by atoms with Crippen LogP contribution in [0.15, 0.2) is 71.7 Å². The van der Waals surface area contributed by atoms with Crippen LogP contribution < -0.4 is 15.4 Å². The summed E-state index contributed by atoms with van der Waals surface area (Å²) in [5, 5.41) is 7.88. The van der Waals surface area contributed by atoms with E-state index in [0.717, 1.165) is 21.8 Å². The molecule has 0 radical (unpaired) electrons. The molecule has 0 fully saturated rings. The first-order chi connectivity index (χ1) is 15.3. The Kier molecular flexibility index (Phi) is 6.15. The molecule has 2 aromatic carbocycles. The molecule has 1 aliphatic rings. The number of aryl methyl sites for hydroxylation is 1. The lowest BCUT2D eigenvalue weighted by atomic mass is 9.89. The smallest absolute Gasteiger partial charge is 0.268 e. The number of benzene rings is 2. The van der Waals surface area contributed by atoms with Crippen molar-refractivity contribution in [2.75, 3.05) is 0 Å². The molecule has 3 aromatic rings. The normalized spacial score (nSPS) is 17.1. The largest absolute Gasteiger partial charge is 0.487 e. The van der Waals surface area contributed by atoms with Crippen LogP contribution in [-0.2, 0) is 4.79 Å². The van der Waals surface area contributed by atoms with E-state index in [0.29, 0.717) is 12.0 Å². The van der Waals surface area contributed by atoms with Crippen LogP contribution in [0.4, 0.5) is 0 Å². The molecule has 4 rings (SSSR count). The highest BCUT2D eigenvalue weighted by Gasteiger charge is 2.34. The molecule has 164 valence electrons. The maximum atomic E-state index is 13.4. The number of amides is 2. The van der Waals surface area contributed by atoms with E-state index in [1.165, 1.54) is 11.3 Å². The number of nitrogens with one attached hydrogen (secondary N) is 2. The van der Waals surface area contributed by atoms with Crippen LogP contribution in [-0.4, -0.2) is 17.4 Å². The molecule has 1 atom stereocenters. The van der Waals surface area contributed by atoms with Crippen molar-refractivity contribution >= 4 is 29.2 Å². The van der Waals surface area contributed by atoms with E-state index < -0.39 is 5.60 Å². The van der Waals surface area contributed by atoms with Crippen molar-refractivity contribution in [1.82, 2.24) is 10.6 Å². The summed E-state index contributed by atoms with van der Waals surface area (Å²) in [6.07, 6.45) is 2.33. The van der Waals surface area contributed by atoms with E-state index in [2.05, 4.69) is 10.6 Å². The van der Waals surface area contributed by atoms with Gasteiger partial charge in [-0.1, -0.05) is 42.5 Å². The molecule has 0 saturated heterocycles. The van der Waals surface area contributed by atoms with Gasteiger partial charge in [-0.25, -0.2) is 0 Å². The average molecular weight is 447 g/mol. The van der Waals surface area contributed by atoms with Gasteiger partial charge in [0.05, 0.1) is 6.04 Å². The van der Waals surface area contributed by atoms with Gasteiger partial charge < -0.3 is 15.4 Å². The van der Waals surface area contributed by atoms with E-state index in [-0.39, 0.29) is 23.6 Å². The number of hydrogen-bond donors (Lipinski definition) is 2. The minimum Gasteiger partial charge on any atom is -0.487 e. The first-order valence-corrected chi connectivity index (χ1v) is 11.4. The van der Waals surface area contributed by atoms with E-state index in [4.69, 9.17) is 4.74 Å². The molecule has 1 aliphatic heterocycles. The Morgan fingerprint density at radius 2 is 1.81 bits per heavy atom. The lowest BCUT2D eigenvalue weighted by molar-refractivity contribution is -0.119. The van der Waals surface area contributed by atoms with E-state index >= 15 is 0 Å². The molecule has 0 spiro atoms. The van der Waals surface area contributed by atoms with Crippen molar-refractivity contribution < 1.29 is 14.3 Å². The zero-order chi connectivity index (χ0) is 22.7. The third-order valence-electron chi connectivity index (χ3n) is 5.39. The average Bonchev–Trinajstić information content (AvgIpc) is 3.26. The number of rotatable bonds is 5. The topological polar surface area (TPSA) is 67.4 Å². The highest BCUT2D eigenvalue weighted by molar-refractivity contribution is 7.10. The van der Waals surface area contributed by atoms with Crippen molar-refractivity contribution in [1.29, 1.82) is 0 Å². The lowest BCUT2D eigenvalue weighted by Crippen LogP contribution is -2.43. The molecule has 1 aromatic heterocycles. The Hall–Kier alpha value is -3.38. The zero-order valence-electron chi connectivity index (χ0n) is 18.3. The maximum absolute atomic E-state index is 13.4. The minimum atomic E-state index is -0.422. The fourth-order valence-electron chi connectivity index (χ4n) is 3.86. The van der Waals surface area contributed by atoms with Crippen LogP contribution in [0, 0.1) is 6.92 Å². The summed E-state index contributed by atoms with van der Waals surface area (Å²) in [5.41, 5.74) is 2.10. The SMILES string of the molecule is Cc1ccccc1C(=O)N/C(=C\c1cccs1)C(=O)N[C@@H]1CC(C)(C)Oc2ccccc21. The van der Waals surface area contributed by atoms with Crippen molar-refractivity contribution in [3.8, 4) is 5.75 Å². The quantitative estimate of drug-likeness (QED) is 0.526. The standard InChI is InChI=1S/C26H26N2O3S/c1-17-9-4-5-11-19(17)24(29)27-21(15-18-10-8-14-32-18)25(30)28-22-16-26(2,3)31-23-13-7-6-12-20(22)23/h4-15,22H,16H2,1-3H3,(H,27,29)(H,28,30)/b21-15-/t22-/m1/s1. The second-order valence-corrected chi connectivity index (χ2v) is 9.45. The highest BCUT2D eigenvalue weighted by atomic mass is 32.1. The number of thiophene rings is 1. The Labute approximate surface area is 192 Å². The monoisotopic (exact) mass is 446 g/mol. The van der Waals surface area contributed by atoms with E-state index in [1.807, 2.05) is 80.7 Å². The van der Waals surface area contributed by atoms with Gasteiger partial charge in [-0.2, -0.15) is 0 Å². The molecule has 5 nitrogen and oxygen atoms in total. The maximum Gasteiger partial charge on any atom is 0.268 e. The highest BCUT2D eigenvalue weighted by Crippen LogP contribution is 2.39. The Balaban J connectivity index is 1.61. The molecule has 32 heavy (non-hydrogen) atoms. The molecular formula is C26H26N2O3S. The van der Waals surface area contributed by atoms with Crippen molar-refractivity contribution in [3.63, 3.8) is 0 Å². The van der Waals surface area contributed by atoms with Gasteiger partial charge in [0.25, 0.3) is 11.8 Å². The molecule has 0 aliphatic carbocycles. The Bertz CT molecular complexity index is 1170. The summed E-state index contributed by atoms with van der Waals surface area (Å²) in [4.78, 5) is 27.2. The van der Waals surface area contributed by atoms with Gasteiger partial charge in [-0.3, -0.25) is 9.59 Å². The van der Waals surface area contributed by atoms with Gasteiger partial charge in [-0.05, 0) is 56.0 Å². The number of fused-ring (bicyclic) bond motifs is 1. The summed E-state index contributed by atoms with van der Waals surface area (Å²) < 4.78 is 6.08. The van der Waals surface area contributed by atoms with Crippen LogP contribution in [0.3, 0.4) is 0 Å². The summed E-state index contributed by atoms with van der Waals surface area (Å²) in [5.74, 6) is 0.119. The van der Waals surface area contributed by atoms with Gasteiger partial charge in [0.2, 0.25) is 0 Å². The van der Waals surface area contributed by atoms with Gasteiger partial charge in [0, 0.05) is 22.4 Å².